The lowest BCUT2D eigenvalue weighted by atomic mass is 10.1. The van der Waals surface area contributed by atoms with Gasteiger partial charge < -0.3 is 20.4 Å². The van der Waals surface area contributed by atoms with Gasteiger partial charge in [0.1, 0.15) is 30.3 Å². The lowest BCUT2D eigenvalue weighted by Crippen LogP contribution is -2.37. The van der Waals surface area contributed by atoms with Crippen molar-refractivity contribution in [3.8, 4) is 17.1 Å². The number of benzene rings is 1. The minimum atomic E-state index is -2.72. The molecule has 0 saturated carbocycles. The molecule has 3 atom stereocenters. The molecule has 1 amide bonds. The largest absolute Gasteiger partial charge is 0.491 e. The van der Waals surface area contributed by atoms with E-state index in [1.54, 1.807) is 35.9 Å². The molecule has 0 radical (unpaired) electrons. The van der Waals surface area contributed by atoms with Crippen LogP contribution in [0.25, 0.3) is 11.4 Å². The van der Waals surface area contributed by atoms with Crippen LogP contribution >= 0.6 is 0 Å². The number of halogens is 2. The third-order valence-electron chi connectivity index (χ3n) is 4.70. The number of nitrogens with zero attached hydrogens (tertiary/aromatic N) is 3. The van der Waals surface area contributed by atoms with Crippen LogP contribution in [0, 0.1) is 0 Å². The Hall–Kier alpha value is -2.73. The SMILES string of the molecule is C[C@H](Nc1ccc2c(c1)OCCn1cc(N3[C@H](C(F)F)COS3=O)nc1-2)C(N)=O. The van der Waals surface area contributed by atoms with E-state index in [9.17, 15) is 17.8 Å². The molecule has 29 heavy (non-hydrogen) atoms. The third kappa shape index (κ3) is 3.65. The van der Waals surface area contributed by atoms with Gasteiger partial charge in [0.25, 0.3) is 17.7 Å². The number of imidazole rings is 1. The van der Waals surface area contributed by atoms with Crippen LogP contribution in [0.1, 0.15) is 6.92 Å². The molecule has 156 valence electrons. The van der Waals surface area contributed by atoms with Crippen molar-refractivity contribution in [2.45, 2.75) is 32.0 Å². The second-order valence-electron chi connectivity index (χ2n) is 6.67. The van der Waals surface area contributed by atoms with Gasteiger partial charge in [-0.15, -0.1) is 0 Å². The summed E-state index contributed by atoms with van der Waals surface area (Å²) in [6, 6.07) is 3.32. The highest BCUT2D eigenvalue weighted by Crippen LogP contribution is 2.37. The number of hydrogen-bond acceptors (Lipinski definition) is 6. The highest BCUT2D eigenvalue weighted by molar-refractivity contribution is 7.82. The van der Waals surface area contributed by atoms with Gasteiger partial charge in [-0.3, -0.25) is 8.98 Å². The smallest absolute Gasteiger partial charge is 0.266 e. The summed E-state index contributed by atoms with van der Waals surface area (Å²) >= 11 is -2.03. The Labute approximate surface area is 167 Å². The number of fused-ring (bicyclic) bond motifs is 3. The molecule has 2 aromatic rings. The van der Waals surface area contributed by atoms with Gasteiger partial charge in [-0.25, -0.2) is 22.3 Å². The van der Waals surface area contributed by atoms with E-state index in [1.807, 2.05) is 0 Å². The normalized spacial score (nSPS) is 21.9. The molecule has 2 aliphatic rings. The number of primary amides is 1. The first-order chi connectivity index (χ1) is 13.8. The molecule has 9 nitrogen and oxygen atoms in total. The fraction of sp³-hybridized carbons (Fsp3) is 0.412. The van der Waals surface area contributed by atoms with Crippen molar-refractivity contribution in [2.75, 3.05) is 22.8 Å². The molecule has 12 heteroatoms. The summed E-state index contributed by atoms with van der Waals surface area (Å²) in [5, 5.41) is 2.98. The fourth-order valence-electron chi connectivity index (χ4n) is 3.17. The number of alkyl halides is 2. The van der Waals surface area contributed by atoms with Gasteiger partial charge in [0.15, 0.2) is 5.82 Å². The highest BCUT2D eigenvalue weighted by atomic mass is 32.2. The predicted octanol–water partition coefficient (Wildman–Crippen LogP) is 1.28. The first kappa shape index (κ1) is 19.6. The number of rotatable bonds is 5. The second-order valence-corrected chi connectivity index (χ2v) is 7.74. The molecule has 1 aromatic carbocycles. The fourth-order valence-corrected chi connectivity index (χ4v) is 4.15. The molecule has 1 aromatic heterocycles. The van der Waals surface area contributed by atoms with Crippen LogP contribution in [0.2, 0.25) is 0 Å². The molecule has 0 aliphatic carbocycles. The minimum absolute atomic E-state index is 0.151. The van der Waals surface area contributed by atoms with Crippen molar-refractivity contribution in [2.24, 2.45) is 5.73 Å². The number of hydrogen-bond donors (Lipinski definition) is 2. The molecule has 0 spiro atoms. The zero-order chi connectivity index (χ0) is 20.7. The van der Waals surface area contributed by atoms with Gasteiger partial charge >= 0.3 is 0 Å². The standard InChI is InChI=1S/C17H19F2N5O4S/c1-9(16(20)25)21-10-2-3-11-13(6-10)27-5-4-23-7-14(22-17(11)23)24-12(15(18)19)8-28-29(24)26/h2-3,6-7,9,12,15,21H,4-5,8H2,1H3,(H2,20,25)/t9-,12-,29?/m0/s1. The number of carbonyl (C=O) groups excluding carboxylic acids is 1. The van der Waals surface area contributed by atoms with E-state index < -0.39 is 35.7 Å². The summed E-state index contributed by atoms with van der Waals surface area (Å²) in [7, 11) is 0. The molecule has 4 rings (SSSR count). The molecular formula is C17H19F2N5O4S. The molecule has 1 unspecified atom stereocenters. The van der Waals surface area contributed by atoms with Crippen molar-refractivity contribution in [1.82, 2.24) is 9.55 Å². The van der Waals surface area contributed by atoms with Crippen molar-refractivity contribution in [3.63, 3.8) is 0 Å². The molecule has 3 N–H and O–H groups in total. The number of ether oxygens (including phenoxy) is 1. The van der Waals surface area contributed by atoms with E-state index in [2.05, 4.69) is 10.3 Å². The Morgan fingerprint density at radius 3 is 2.97 bits per heavy atom. The van der Waals surface area contributed by atoms with Gasteiger partial charge in [-0.2, -0.15) is 0 Å². The quantitative estimate of drug-likeness (QED) is 0.744. The monoisotopic (exact) mass is 427 g/mol. The van der Waals surface area contributed by atoms with Crippen molar-refractivity contribution in [1.29, 1.82) is 0 Å². The lowest BCUT2D eigenvalue weighted by molar-refractivity contribution is -0.118. The summed E-state index contributed by atoms with van der Waals surface area (Å²) in [6.45, 7) is 2.06. The van der Waals surface area contributed by atoms with E-state index in [0.717, 1.165) is 4.31 Å². The van der Waals surface area contributed by atoms with Gasteiger partial charge in [0, 0.05) is 18.0 Å². The molecule has 1 fully saturated rings. The van der Waals surface area contributed by atoms with Crippen LogP contribution < -0.4 is 20.1 Å². The summed E-state index contributed by atoms with van der Waals surface area (Å²) < 4.78 is 52.1. The van der Waals surface area contributed by atoms with Crippen molar-refractivity contribution >= 4 is 28.7 Å². The number of amides is 1. The predicted molar refractivity (Wildman–Crippen MR) is 102 cm³/mol. The van der Waals surface area contributed by atoms with E-state index in [-0.39, 0.29) is 12.4 Å². The Balaban J connectivity index is 1.68. The third-order valence-corrected chi connectivity index (χ3v) is 5.82. The minimum Gasteiger partial charge on any atom is -0.491 e. The Morgan fingerprint density at radius 1 is 1.45 bits per heavy atom. The van der Waals surface area contributed by atoms with Crippen LogP contribution in [-0.2, 0) is 26.8 Å². The van der Waals surface area contributed by atoms with Crippen LogP contribution in [-0.4, -0.2) is 51.4 Å². The average molecular weight is 427 g/mol. The maximum Gasteiger partial charge on any atom is 0.266 e. The Bertz CT molecular complexity index is 969. The number of carbonyl (C=O) groups is 1. The van der Waals surface area contributed by atoms with Crippen LogP contribution in [0.15, 0.2) is 24.4 Å². The first-order valence-corrected chi connectivity index (χ1v) is 9.91. The number of anilines is 2. The second kappa shape index (κ2) is 7.59. The van der Waals surface area contributed by atoms with E-state index in [1.165, 1.54) is 0 Å². The zero-order valence-electron chi connectivity index (χ0n) is 15.4. The first-order valence-electron chi connectivity index (χ1n) is 8.88. The molecule has 3 heterocycles. The van der Waals surface area contributed by atoms with E-state index >= 15 is 0 Å². The number of nitrogens with one attached hydrogen (secondary N) is 1. The zero-order valence-corrected chi connectivity index (χ0v) is 16.2. The molecule has 1 saturated heterocycles. The van der Waals surface area contributed by atoms with E-state index in [4.69, 9.17) is 14.7 Å². The summed E-state index contributed by atoms with van der Waals surface area (Å²) in [5.74, 6) is 0.680. The molecule has 0 bridgehead atoms. The lowest BCUT2D eigenvalue weighted by Gasteiger charge is -2.18. The topological polar surface area (TPSA) is 112 Å². The van der Waals surface area contributed by atoms with Crippen LogP contribution in [0.4, 0.5) is 20.3 Å². The van der Waals surface area contributed by atoms with Crippen molar-refractivity contribution < 1.29 is 26.7 Å². The van der Waals surface area contributed by atoms with Gasteiger partial charge in [-0.05, 0) is 19.1 Å². The Kier molecular flexibility index (Phi) is 5.13. The van der Waals surface area contributed by atoms with Gasteiger partial charge in [0.05, 0.1) is 18.7 Å². The highest BCUT2D eigenvalue weighted by Gasteiger charge is 2.41. The maximum atomic E-state index is 13.3. The van der Waals surface area contributed by atoms with Gasteiger partial charge in [0.2, 0.25) is 5.91 Å². The summed E-state index contributed by atoms with van der Waals surface area (Å²) in [6.07, 6.45) is -1.16. The number of nitrogens with two attached hydrogens (primary N) is 1. The summed E-state index contributed by atoms with van der Waals surface area (Å²) in [4.78, 5) is 15.7. The van der Waals surface area contributed by atoms with Crippen LogP contribution in [0.5, 0.6) is 5.75 Å². The summed E-state index contributed by atoms with van der Waals surface area (Å²) in [5.41, 5.74) is 6.56. The van der Waals surface area contributed by atoms with Gasteiger partial charge in [-0.1, -0.05) is 0 Å². The molecular weight excluding hydrogens is 408 g/mol. The number of aromatic nitrogens is 2. The Morgan fingerprint density at radius 2 is 2.24 bits per heavy atom. The molecule has 2 aliphatic heterocycles. The average Bonchev–Trinajstić information content (AvgIpc) is 3.21. The maximum absolute atomic E-state index is 13.3. The van der Waals surface area contributed by atoms with E-state index in [0.29, 0.717) is 36.0 Å². The van der Waals surface area contributed by atoms with Crippen molar-refractivity contribution in [3.05, 3.63) is 24.4 Å². The van der Waals surface area contributed by atoms with Crippen LogP contribution in [0.3, 0.4) is 0 Å².